The molecule has 1 aromatic carbocycles. The van der Waals surface area contributed by atoms with E-state index in [-0.39, 0.29) is 119 Å². The van der Waals surface area contributed by atoms with Gasteiger partial charge in [0.1, 0.15) is 35.5 Å². The van der Waals surface area contributed by atoms with Crippen molar-refractivity contribution in [2.75, 3.05) is 72.9 Å². The molecule has 1 spiro atoms. The number of carbonyl (C=O) groups is 7. The molecule has 1 aliphatic carbocycles. The summed E-state index contributed by atoms with van der Waals surface area (Å²) in [5, 5.41) is 29.0. The van der Waals surface area contributed by atoms with E-state index in [1.807, 2.05) is 54.5 Å². The van der Waals surface area contributed by atoms with Crippen molar-refractivity contribution in [1.82, 2.24) is 37.2 Å². The summed E-state index contributed by atoms with van der Waals surface area (Å²) in [5.41, 5.74) is -0.834. The maximum Gasteiger partial charge on any atom is 0.407 e. The van der Waals surface area contributed by atoms with Crippen LogP contribution in [0.2, 0.25) is 0 Å². The Morgan fingerprint density at radius 2 is 1.43 bits per heavy atom. The molecule has 21 heteroatoms. The van der Waals surface area contributed by atoms with Gasteiger partial charge in [-0.3, -0.25) is 28.8 Å². The molecule has 452 valence electrons. The lowest BCUT2D eigenvalue weighted by Crippen LogP contribution is -2.56. The smallest absolute Gasteiger partial charge is 0.407 e. The Morgan fingerprint density at radius 3 is 2.00 bits per heavy atom. The minimum atomic E-state index is -1.14. The number of ether oxygens (including phenoxy) is 6. The number of aliphatic hydroxyl groups is 1. The van der Waals surface area contributed by atoms with E-state index in [4.69, 9.17) is 28.4 Å². The zero-order chi connectivity index (χ0) is 59.4. The summed E-state index contributed by atoms with van der Waals surface area (Å²) in [6.45, 7) is 24.1. The Balaban J connectivity index is 1.18. The lowest BCUT2D eigenvalue weighted by atomic mass is 9.64. The van der Waals surface area contributed by atoms with Crippen LogP contribution in [0.25, 0.3) is 0 Å². The van der Waals surface area contributed by atoms with Crippen molar-refractivity contribution in [3.63, 3.8) is 0 Å². The first-order valence-electron chi connectivity index (χ1n) is 28.7. The Bertz CT molecular complexity index is 2220. The van der Waals surface area contributed by atoms with Crippen LogP contribution in [0.15, 0.2) is 42.0 Å². The van der Waals surface area contributed by atoms with Crippen molar-refractivity contribution in [2.45, 2.75) is 176 Å². The highest BCUT2D eigenvalue weighted by molar-refractivity contribution is 5.95. The van der Waals surface area contributed by atoms with Crippen LogP contribution in [0.4, 0.5) is 4.79 Å². The van der Waals surface area contributed by atoms with Crippen LogP contribution in [0, 0.1) is 34.5 Å². The summed E-state index contributed by atoms with van der Waals surface area (Å²) in [4.78, 5) is 94.4. The second-order valence-electron chi connectivity index (χ2n) is 24.2. The second kappa shape index (κ2) is 31.3. The highest BCUT2D eigenvalue weighted by atomic mass is 16.6. The molecular weight excluding hydrogens is 1030 g/mol. The fourth-order valence-electron chi connectivity index (χ4n) is 11.0. The number of rotatable bonds is 35. The molecule has 2 saturated heterocycles. The van der Waals surface area contributed by atoms with Crippen LogP contribution >= 0.6 is 0 Å². The number of nitrogens with one attached hydrogen (secondary N) is 7. The zero-order valence-electron chi connectivity index (χ0n) is 50.0. The predicted molar refractivity (Wildman–Crippen MR) is 302 cm³/mol. The van der Waals surface area contributed by atoms with Crippen molar-refractivity contribution < 1.29 is 67.1 Å². The first-order valence-corrected chi connectivity index (χ1v) is 28.7. The van der Waals surface area contributed by atoms with Crippen molar-refractivity contribution in [3.05, 3.63) is 47.5 Å². The molecule has 3 aliphatic rings. The number of methoxy groups -OCH3 is 1. The summed E-state index contributed by atoms with van der Waals surface area (Å²) < 4.78 is 35.3. The van der Waals surface area contributed by atoms with Crippen LogP contribution in [0.5, 0.6) is 0 Å². The number of hydrogen-bond donors (Lipinski definition) is 8. The van der Waals surface area contributed by atoms with Gasteiger partial charge >= 0.3 is 6.09 Å². The molecule has 0 bridgehead atoms. The van der Waals surface area contributed by atoms with Crippen LogP contribution in [-0.2, 0) is 63.6 Å². The number of hydrogen-bond acceptors (Lipinski definition) is 14. The van der Waals surface area contributed by atoms with Crippen molar-refractivity contribution >= 4 is 41.5 Å². The number of epoxide rings is 2. The van der Waals surface area contributed by atoms with Gasteiger partial charge in [-0.05, 0) is 89.5 Å². The van der Waals surface area contributed by atoms with E-state index in [9.17, 15) is 38.7 Å². The van der Waals surface area contributed by atoms with Crippen molar-refractivity contribution in [1.29, 1.82) is 0 Å². The molecule has 1 aromatic rings. The van der Waals surface area contributed by atoms with Crippen molar-refractivity contribution in [3.8, 4) is 0 Å². The topological polar surface area (TPSA) is 286 Å². The number of alkyl carbamates (subject to hydrolysis) is 1. The number of aliphatic hydroxyl groups excluding tert-OH is 1. The normalized spacial score (nSPS) is 23.8. The third-order valence-corrected chi connectivity index (χ3v) is 15.6. The summed E-state index contributed by atoms with van der Waals surface area (Å²) in [6, 6.07) is 6.85. The van der Waals surface area contributed by atoms with E-state index < -0.39 is 82.9 Å². The monoisotopic (exact) mass is 1130 g/mol. The molecule has 7 amide bonds. The minimum Gasteiger partial charge on any atom is -0.443 e. The lowest BCUT2D eigenvalue weighted by Gasteiger charge is -2.42. The summed E-state index contributed by atoms with van der Waals surface area (Å²) >= 11 is 0. The molecule has 8 N–H and O–H groups in total. The number of amides is 7. The Labute approximate surface area is 475 Å². The maximum atomic E-state index is 14.0. The van der Waals surface area contributed by atoms with E-state index in [2.05, 4.69) is 64.1 Å². The van der Waals surface area contributed by atoms with Gasteiger partial charge < -0.3 is 70.7 Å². The fourth-order valence-corrected chi connectivity index (χ4v) is 11.0. The number of benzene rings is 1. The molecule has 4 rings (SSSR count). The summed E-state index contributed by atoms with van der Waals surface area (Å²) in [7, 11) is 1.63. The SMILES string of the molecule is COC1C(OC(=O)NCCOCCOCCNC(=O)CNC(=O)[C@H](CC(C)C)NC(=O)[C@H](Cc2ccccc2)NC(=O)CNC(=O)C(C)(CC(C)(CC(C)C)C(=O)NCC(C)O)C(C)C)CC[C@]2(CO2)C1C1(C)O[C@@H]1CC=C(C)C. The van der Waals surface area contributed by atoms with E-state index in [1.165, 1.54) is 5.57 Å². The van der Waals surface area contributed by atoms with Gasteiger partial charge in [-0.15, -0.1) is 0 Å². The average Bonchev–Trinajstić information content (AvgIpc) is 3.94. The van der Waals surface area contributed by atoms with Gasteiger partial charge in [0, 0.05) is 44.0 Å². The molecule has 80 heavy (non-hydrogen) atoms. The molecule has 3 fully saturated rings. The first-order chi connectivity index (χ1) is 37.7. The quantitative estimate of drug-likeness (QED) is 0.0271. The predicted octanol–water partition coefficient (Wildman–Crippen LogP) is 4.03. The van der Waals surface area contributed by atoms with Crippen LogP contribution in [0.1, 0.15) is 127 Å². The number of allylic oxidation sites excluding steroid dienone is 1. The molecule has 7 unspecified atom stereocenters. The van der Waals surface area contributed by atoms with Gasteiger partial charge in [0.15, 0.2) is 0 Å². The van der Waals surface area contributed by atoms with Gasteiger partial charge in [0.25, 0.3) is 0 Å². The van der Waals surface area contributed by atoms with Gasteiger partial charge in [-0.25, -0.2) is 4.79 Å². The highest BCUT2D eigenvalue weighted by Crippen LogP contribution is 2.59. The molecule has 2 aliphatic heterocycles. The largest absolute Gasteiger partial charge is 0.443 e. The second-order valence-corrected chi connectivity index (χ2v) is 24.2. The van der Waals surface area contributed by atoms with E-state index in [1.54, 1.807) is 45.2 Å². The van der Waals surface area contributed by atoms with Crippen molar-refractivity contribution in [2.24, 2.45) is 34.5 Å². The Kier molecular flexibility index (Phi) is 26.3. The maximum absolute atomic E-state index is 14.0. The standard InChI is InChI=1S/C59H97N7O14/c1-37(2)19-20-46-58(12,80-46)50-49(75-13)45(21-22-59(50)36-78-59)79-55(74)61-24-26-77-28-27-76-25-23-60-47(68)33-62-51(70)43(29-38(3)4)66-52(71)44(30-42-17-15-14-16-18-42)65-48(69)34-64-54(73)57(11,40(7)8)35-56(10,31-39(5)6)53(72)63-32-41(9)67/h14-19,38-41,43-46,49-50,67H,20-36H2,1-13H3,(H,60,68)(H,61,74)(H,62,70)(H,63,72)(H,64,73)(H,65,69)(H,66,71)/t41?,43-,44-,45?,46+,49?,50?,56?,57?,58?,59-/m0/s1. The lowest BCUT2D eigenvalue weighted by molar-refractivity contribution is -0.142. The molecule has 11 atom stereocenters. The van der Waals surface area contributed by atoms with Crippen LogP contribution < -0.4 is 37.2 Å². The molecule has 2 heterocycles. The van der Waals surface area contributed by atoms with E-state index in [0.29, 0.717) is 19.4 Å². The van der Waals surface area contributed by atoms with Gasteiger partial charge in [0.05, 0.1) is 64.2 Å². The molecule has 0 radical (unpaired) electrons. The van der Waals surface area contributed by atoms with Gasteiger partial charge in [0.2, 0.25) is 35.4 Å². The van der Waals surface area contributed by atoms with Crippen LogP contribution in [-0.4, -0.2) is 167 Å². The Hall–Kier alpha value is -5.19. The van der Waals surface area contributed by atoms with Crippen LogP contribution in [0.3, 0.4) is 0 Å². The highest BCUT2D eigenvalue weighted by Gasteiger charge is 2.72. The molecule has 0 aromatic heterocycles. The third-order valence-electron chi connectivity index (χ3n) is 15.6. The molecule has 21 nitrogen and oxygen atoms in total. The number of carbonyl (C=O) groups excluding carboxylic acids is 7. The summed E-state index contributed by atoms with van der Waals surface area (Å²) in [5.74, 6) is -3.26. The Morgan fingerprint density at radius 1 is 0.787 bits per heavy atom. The molecule has 1 saturated carbocycles. The molecular formula is C59H97N7O14. The van der Waals surface area contributed by atoms with E-state index in [0.717, 1.165) is 18.4 Å². The average molecular weight is 1130 g/mol. The van der Waals surface area contributed by atoms with Gasteiger partial charge in [-0.1, -0.05) is 97.4 Å². The third kappa shape index (κ3) is 20.7. The minimum absolute atomic E-state index is 0.0405. The summed E-state index contributed by atoms with van der Waals surface area (Å²) in [6.07, 6.45) is 3.21. The first kappa shape index (κ1) is 67.3. The van der Waals surface area contributed by atoms with E-state index >= 15 is 0 Å². The fraction of sp³-hybridized carbons (Fsp3) is 0.746. The zero-order valence-corrected chi connectivity index (χ0v) is 50.0. The van der Waals surface area contributed by atoms with Gasteiger partial charge in [-0.2, -0.15) is 0 Å².